The lowest BCUT2D eigenvalue weighted by molar-refractivity contribution is -0.0893. The van der Waals surface area contributed by atoms with E-state index in [-0.39, 0.29) is 0 Å². The molecule has 5 aromatic rings. The highest BCUT2D eigenvalue weighted by atomic mass is 16.5. The summed E-state index contributed by atoms with van der Waals surface area (Å²) in [5, 5.41) is 15.3. The molecule has 3 nitrogen and oxygen atoms in total. The molecule has 1 N–H and O–H groups in total. The number of benzene rings is 4. The van der Waals surface area contributed by atoms with Crippen molar-refractivity contribution in [3.8, 4) is 22.3 Å². The van der Waals surface area contributed by atoms with Crippen molar-refractivity contribution >= 4 is 45.7 Å². The first kappa shape index (κ1) is 19.6. The zero-order chi connectivity index (χ0) is 22.3. The largest absolute Gasteiger partial charge is 0.456 e. The van der Waals surface area contributed by atoms with E-state index < -0.39 is 11.2 Å². The maximum absolute atomic E-state index is 10.5. The Morgan fingerprint density at radius 3 is 2.09 bits per heavy atom. The van der Waals surface area contributed by atoms with Crippen LogP contribution < -0.4 is 5.46 Å². The third-order valence-electron chi connectivity index (χ3n) is 7.27. The van der Waals surface area contributed by atoms with Gasteiger partial charge in [-0.2, -0.15) is 0 Å². The molecule has 1 aliphatic rings. The van der Waals surface area contributed by atoms with Gasteiger partial charge in [-0.1, -0.05) is 48.5 Å². The summed E-state index contributed by atoms with van der Waals surface area (Å²) < 4.78 is 12.5. The van der Waals surface area contributed by atoms with Gasteiger partial charge in [-0.05, 0) is 84.4 Å². The Morgan fingerprint density at radius 2 is 1.41 bits per heavy atom. The van der Waals surface area contributed by atoms with Gasteiger partial charge in [0.2, 0.25) is 0 Å². The van der Waals surface area contributed by atoms with Gasteiger partial charge >= 0.3 is 7.48 Å². The molecule has 6 rings (SSSR count). The Hall–Kier alpha value is -3.08. The Bertz CT molecular complexity index is 1530. The summed E-state index contributed by atoms with van der Waals surface area (Å²) in [6.07, 6.45) is 0. The average Bonchev–Trinajstić information content (AvgIpc) is 3.27. The van der Waals surface area contributed by atoms with E-state index in [1.807, 2.05) is 26.0 Å². The Labute approximate surface area is 187 Å². The fourth-order valence-electron chi connectivity index (χ4n) is 4.74. The lowest BCUT2D eigenvalue weighted by atomic mass is 9.80. The molecule has 0 saturated heterocycles. The maximum atomic E-state index is 10.5. The first-order chi connectivity index (χ1) is 15.2. The van der Waals surface area contributed by atoms with E-state index in [1.165, 1.54) is 33.0 Å². The number of furan rings is 1. The van der Waals surface area contributed by atoms with Crippen LogP contribution in [0.3, 0.4) is 0 Å². The van der Waals surface area contributed by atoms with Gasteiger partial charge in [0, 0.05) is 10.8 Å². The minimum Gasteiger partial charge on any atom is -0.456 e. The SMILES string of the molecule is CC(C)(O)C(C)(C)OBc1cccc2oc3cc4c(cc3c12)-c1cccc2cccc-4c12. The van der Waals surface area contributed by atoms with Crippen molar-refractivity contribution in [3.05, 3.63) is 66.7 Å². The molecule has 0 fully saturated rings. The molecule has 0 bridgehead atoms. The van der Waals surface area contributed by atoms with E-state index in [1.54, 1.807) is 13.8 Å². The van der Waals surface area contributed by atoms with Crippen molar-refractivity contribution in [2.75, 3.05) is 0 Å². The lowest BCUT2D eigenvalue weighted by Gasteiger charge is -2.37. The molecule has 0 saturated carbocycles. The predicted molar refractivity (Wildman–Crippen MR) is 134 cm³/mol. The van der Waals surface area contributed by atoms with Gasteiger partial charge in [-0.3, -0.25) is 0 Å². The summed E-state index contributed by atoms with van der Waals surface area (Å²) in [6, 6.07) is 23.6. The average molecular weight is 420 g/mol. The van der Waals surface area contributed by atoms with Gasteiger partial charge < -0.3 is 14.2 Å². The van der Waals surface area contributed by atoms with Crippen LogP contribution in [0, 0.1) is 0 Å². The Kier molecular flexibility index (Phi) is 3.96. The number of hydrogen-bond acceptors (Lipinski definition) is 3. The summed E-state index contributed by atoms with van der Waals surface area (Å²) >= 11 is 0. The van der Waals surface area contributed by atoms with E-state index in [0.29, 0.717) is 7.48 Å². The first-order valence-corrected chi connectivity index (χ1v) is 11.1. The molecule has 0 radical (unpaired) electrons. The van der Waals surface area contributed by atoms with Gasteiger partial charge in [0.1, 0.15) is 11.2 Å². The van der Waals surface area contributed by atoms with Crippen LogP contribution in [0.15, 0.2) is 71.1 Å². The number of aliphatic hydroxyl groups is 1. The fourth-order valence-corrected chi connectivity index (χ4v) is 4.74. The standard InChI is InChI=1S/C28H25BO3/c1-27(2,30)28(3,4)32-29-22-12-7-13-23-26(22)21-14-19-17-10-5-8-16-9-6-11-18(25(16)17)20(19)15-24(21)31-23/h5-15,29-30H,1-4H3. The predicted octanol–water partition coefficient (Wildman–Crippen LogP) is 5.93. The molecule has 4 heteroatoms. The van der Waals surface area contributed by atoms with Crippen LogP contribution in [0.25, 0.3) is 55.0 Å². The minimum absolute atomic E-state index is 0.399. The second-order valence-electron chi connectivity index (χ2n) is 9.85. The molecule has 1 heterocycles. The molecule has 0 atom stereocenters. The second-order valence-corrected chi connectivity index (χ2v) is 9.85. The Morgan fingerprint density at radius 1 is 0.750 bits per heavy atom. The molecule has 0 amide bonds. The van der Waals surface area contributed by atoms with Crippen LogP contribution in [-0.4, -0.2) is 23.8 Å². The van der Waals surface area contributed by atoms with Crippen LogP contribution in [-0.2, 0) is 4.65 Å². The lowest BCUT2D eigenvalue weighted by Crippen LogP contribution is -2.49. The smallest absolute Gasteiger partial charge is 0.310 e. The molecule has 0 aliphatic heterocycles. The number of rotatable bonds is 4. The number of fused-ring (bicyclic) bond motifs is 6. The third kappa shape index (κ3) is 2.70. The van der Waals surface area contributed by atoms with Crippen LogP contribution >= 0.6 is 0 Å². The zero-order valence-corrected chi connectivity index (χ0v) is 18.8. The first-order valence-electron chi connectivity index (χ1n) is 11.1. The van der Waals surface area contributed by atoms with E-state index >= 15 is 0 Å². The summed E-state index contributed by atoms with van der Waals surface area (Å²) in [5.74, 6) is 0. The fraction of sp³-hybridized carbons (Fsp3) is 0.214. The van der Waals surface area contributed by atoms with Crippen LogP contribution in [0.2, 0.25) is 0 Å². The summed E-state index contributed by atoms with van der Waals surface area (Å²) in [5.41, 5.74) is 6.19. The van der Waals surface area contributed by atoms with Crippen LogP contribution in [0.1, 0.15) is 27.7 Å². The summed E-state index contributed by atoms with van der Waals surface area (Å²) in [4.78, 5) is 0. The highest BCUT2D eigenvalue weighted by molar-refractivity contribution is 6.53. The molecule has 32 heavy (non-hydrogen) atoms. The van der Waals surface area contributed by atoms with Crippen LogP contribution in [0.5, 0.6) is 0 Å². The van der Waals surface area contributed by atoms with E-state index in [4.69, 9.17) is 9.07 Å². The Balaban J connectivity index is 1.54. The van der Waals surface area contributed by atoms with Crippen molar-refractivity contribution < 1.29 is 14.2 Å². The normalized spacial score (nSPS) is 13.3. The summed E-state index contributed by atoms with van der Waals surface area (Å²) in [6.45, 7) is 7.40. The van der Waals surface area contributed by atoms with Gasteiger partial charge in [-0.15, -0.1) is 0 Å². The van der Waals surface area contributed by atoms with Crippen molar-refractivity contribution in [2.24, 2.45) is 0 Å². The van der Waals surface area contributed by atoms with Gasteiger partial charge in [0.25, 0.3) is 0 Å². The van der Waals surface area contributed by atoms with E-state index in [2.05, 4.69) is 54.6 Å². The monoisotopic (exact) mass is 420 g/mol. The number of hydrogen-bond donors (Lipinski definition) is 1. The highest BCUT2D eigenvalue weighted by Gasteiger charge is 2.36. The van der Waals surface area contributed by atoms with Gasteiger partial charge in [-0.25, -0.2) is 0 Å². The molecular weight excluding hydrogens is 395 g/mol. The maximum Gasteiger partial charge on any atom is 0.310 e. The van der Waals surface area contributed by atoms with E-state index in [9.17, 15) is 5.11 Å². The second kappa shape index (κ2) is 6.47. The van der Waals surface area contributed by atoms with Crippen molar-refractivity contribution in [3.63, 3.8) is 0 Å². The molecule has 1 aromatic heterocycles. The summed E-state index contributed by atoms with van der Waals surface area (Å²) in [7, 11) is 0.399. The molecule has 0 spiro atoms. The third-order valence-corrected chi connectivity index (χ3v) is 7.27. The van der Waals surface area contributed by atoms with Crippen molar-refractivity contribution in [1.82, 2.24) is 0 Å². The van der Waals surface area contributed by atoms with Gasteiger partial charge in [0.05, 0.1) is 11.2 Å². The quantitative estimate of drug-likeness (QED) is 0.360. The topological polar surface area (TPSA) is 42.6 Å². The van der Waals surface area contributed by atoms with Gasteiger partial charge in [0.15, 0.2) is 0 Å². The zero-order valence-electron chi connectivity index (χ0n) is 18.8. The molecule has 1 aliphatic carbocycles. The highest BCUT2D eigenvalue weighted by Crippen LogP contribution is 2.49. The minimum atomic E-state index is -0.954. The molecule has 158 valence electrons. The van der Waals surface area contributed by atoms with Crippen LogP contribution in [0.4, 0.5) is 0 Å². The van der Waals surface area contributed by atoms with Crippen molar-refractivity contribution in [2.45, 2.75) is 38.9 Å². The van der Waals surface area contributed by atoms with Crippen molar-refractivity contribution in [1.29, 1.82) is 0 Å². The molecular formula is C28H25BO3. The molecule has 0 unspecified atom stereocenters. The van der Waals surface area contributed by atoms with E-state index in [0.717, 1.165) is 27.4 Å². The molecule has 4 aromatic carbocycles.